The molecule has 0 bridgehead atoms. The first-order chi connectivity index (χ1) is 19.0. The van der Waals surface area contributed by atoms with Gasteiger partial charge in [0.1, 0.15) is 5.75 Å². The Morgan fingerprint density at radius 3 is 2.72 bits per heavy atom. The summed E-state index contributed by atoms with van der Waals surface area (Å²) in [7, 11) is 3.67. The standard InChI is InChI=1S/C35H44N2O2/c1-5-25-9-8-10-26(14-13-25)28-16-15-27(34(22-28)39-4)17-19-30-20-18-29-21-24(2)31-11-6-7-12-32(31)35(38)37(3)33(29)23-36-30/h6-7,11-12,15-16,18,22-26H,5,8-10,13-14,17,19-21H2,1-4H3. The van der Waals surface area contributed by atoms with Gasteiger partial charge in [-0.05, 0) is 90.7 Å². The van der Waals surface area contributed by atoms with Crippen molar-refractivity contribution in [3.05, 3.63) is 88.3 Å². The summed E-state index contributed by atoms with van der Waals surface area (Å²) in [6, 6.07) is 14.9. The molecule has 1 amide bonds. The highest BCUT2D eigenvalue weighted by Gasteiger charge is 2.28. The first-order valence-electron chi connectivity index (χ1n) is 15.0. The third kappa shape index (κ3) is 6.05. The highest BCUT2D eigenvalue weighted by Crippen LogP contribution is 2.38. The summed E-state index contributed by atoms with van der Waals surface area (Å²) in [4.78, 5) is 20.0. The summed E-state index contributed by atoms with van der Waals surface area (Å²) >= 11 is 0. The normalized spacial score (nSPS) is 23.7. The van der Waals surface area contributed by atoms with Gasteiger partial charge in [0.2, 0.25) is 0 Å². The minimum atomic E-state index is 0.0386. The molecule has 0 spiro atoms. The zero-order valence-electron chi connectivity index (χ0n) is 24.2. The number of allylic oxidation sites excluding steroid dienone is 2. The van der Waals surface area contributed by atoms with E-state index in [-0.39, 0.29) is 11.8 Å². The molecule has 206 valence electrons. The average Bonchev–Trinajstić information content (AvgIpc) is 3.33. The van der Waals surface area contributed by atoms with Crippen LogP contribution in [0.2, 0.25) is 0 Å². The molecular formula is C35H44N2O2. The van der Waals surface area contributed by atoms with Crippen LogP contribution in [-0.4, -0.2) is 30.7 Å². The smallest absolute Gasteiger partial charge is 0.258 e. The van der Waals surface area contributed by atoms with E-state index in [4.69, 9.17) is 9.73 Å². The van der Waals surface area contributed by atoms with Crippen molar-refractivity contribution >= 4 is 11.6 Å². The highest BCUT2D eigenvalue weighted by atomic mass is 16.5. The Hall–Kier alpha value is -3.14. The van der Waals surface area contributed by atoms with Crippen molar-refractivity contribution in [2.45, 2.75) is 89.9 Å². The lowest BCUT2D eigenvalue weighted by Crippen LogP contribution is -2.30. The van der Waals surface area contributed by atoms with Crippen LogP contribution in [0.25, 0.3) is 0 Å². The molecule has 4 heteroatoms. The van der Waals surface area contributed by atoms with Crippen molar-refractivity contribution < 1.29 is 9.53 Å². The second kappa shape index (κ2) is 12.4. The molecule has 39 heavy (non-hydrogen) atoms. The fourth-order valence-corrected chi connectivity index (χ4v) is 6.76. The van der Waals surface area contributed by atoms with Crippen LogP contribution in [0.3, 0.4) is 0 Å². The summed E-state index contributed by atoms with van der Waals surface area (Å²) in [5, 5.41) is 0. The Kier molecular flexibility index (Phi) is 8.69. The van der Waals surface area contributed by atoms with Gasteiger partial charge in [0.25, 0.3) is 5.91 Å². The number of methoxy groups -OCH3 is 1. The molecule has 3 atom stereocenters. The van der Waals surface area contributed by atoms with Crippen LogP contribution >= 0.6 is 0 Å². The number of benzene rings is 2. The Morgan fingerprint density at radius 2 is 1.90 bits per heavy atom. The van der Waals surface area contributed by atoms with Gasteiger partial charge in [0.15, 0.2) is 0 Å². The van der Waals surface area contributed by atoms with E-state index in [9.17, 15) is 4.79 Å². The fraction of sp³-hybridized carbons (Fsp3) is 0.486. The summed E-state index contributed by atoms with van der Waals surface area (Å²) in [5.41, 5.74) is 7.89. The van der Waals surface area contributed by atoms with Gasteiger partial charge >= 0.3 is 0 Å². The Labute approximate surface area is 234 Å². The number of likely N-dealkylation sites (N-methyl/N-ethyl adjacent to an activating group) is 1. The number of carbonyl (C=O) groups is 1. The van der Waals surface area contributed by atoms with Crippen molar-refractivity contribution in [2.75, 3.05) is 14.2 Å². The summed E-state index contributed by atoms with van der Waals surface area (Å²) in [6.45, 7) is 4.55. The number of rotatable bonds is 6. The molecule has 2 aliphatic heterocycles. The number of ether oxygens (including phenoxy) is 1. The van der Waals surface area contributed by atoms with E-state index in [2.05, 4.69) is 44.2 Å². The molecule has 2 aromatic rings. The largest absolute Gasteiger partial charge is 0.496 e. The van der Waals surface area contributed by atoms with E-state index in [0.29, 0.717) is 5.92 Å². The monoisotopic (exact) mass is 524 g/mol. The topological polar surface area (TPSA) is 41.9 Å². The maximum atomic E-state index is 13.4. The van der Waals surface area contributed by atoms with Gasteiger partial charge in [-0.2, -0.15) is 0 Å². The number of nitrogens with zero attached hydrogens (tertiary/aromatic N) is 2. The van der Waals surface area contributed by atoms with Crippen molar-refractivity contribution in [3.63, 3.8) is 0 Å². The predicted octanol–water partition coefficient (Wildman–Crippen LogP) is 8.59. The first kappa shape index (κ1) is 27.4. The first-order valence-corrected chi connectivity index (χ1v) is 15.0. The Morgan fingerprint density at radius 1 is 1.05 bits per heavy atom. The van der Waals surface area contributed by atoms with Crippen molar-refractivity contribution in [2.24, 2.45) is 10.9 Å². The molecule has 3 aliphatic rings. The molecule has 2 aromatic carbocycles. The van der Waals surface area contributed by atoms with E-state index in [0.717, 1.165) is 59.9 Å². The van der Waals surface area contributed by atoms with Crippen LogP contribution in [-0.2, 0) is 6.42 Å². The van der Waals surface area contributed by atoms with Crippen molar-refractivity contribution in [3.8, 4) is 5.75 Å². The van der Waals surface area contributed by atoms with Crippen molar-refractivity contribution in [1.82, 2.24) is 4.90 Å². The number of aryl methyl sites for hydroxylation is 1. The van der Waals surface area contributed by atoms with E-state index in [1.165, 1.54) is 55.2 Å². The lowest BCUT2D eigenvalue weighted by molar-refractivity contribution is 0.0834. The zero-order chi connectivity index (χ0) is 27.4. The molecule has 4 nitrogen and oxygen atoms in total. The van der Waals surface area contributed by atoms with E-state index < -0.39 is 0 Å². The van der Waals surface area contributed by atoms with Crippen LogP contribution in [0.1, 0.15) is 111 Å². The average molecular weight is 525 g/mol. The van der Waals surface area contributed by atoms with Crippen LogP contribution < -0.4 is 4.74 Å². The van der Waals surface area contributed by atoms with Gasteiger partial charge in [0.05, 0.1) is 19.0 Å². The van der Waals surface area contributed by atoms with Crippen LogP contribution in [0.5, 0.6) is 5.75 Å². The summed E-state index contributed by atoms with van der Waals surface area (Å²) < 4.78 is 5.88. The number of carbonyl (C=O) groups excluding carboxylic acids is 1. The quantitative estimate of drug-likeness (QED) is 0.355. The molecule has 0 aromatic heterocycles. The number of aliphatic imine (C=N–C) groups is 1. The van der Waals surface area contributed by atoms with Gasteiger partial charge in [-0.3, -0.25) is 9.79 Å². The minimum absolute atomic E-state index is 0.0386. The van der Waals surface area contributed by atoms with Gasteiger partial charge in [-0.25, -0.2) is 0 Å². The van der Waals surface area contributed by atoms with Crippen LogP contribution in [0.15, 0.2) is 71.0 Å². The molecule has 3 unspecified atom stereocenters. The van der Waals surface area contributed by atoms with Gasteiger partial charge in [-0.15, -0.1) is 0 Å². The Bertz CT molecular complexity index is 1290. The SMILES string of the molecule is CCC1CCCC(c2ccc(CCC3=NC=C4C(=CC3)CC(C)c3ccccc3C(=O)N4C)c(OC)c2)CC1. The van der Waals surface area contributed by atoms with E-state index in [1.54, 1.807) is 12.0 Å². The third-order valence-electron chi connectivity index (χ3n) is 9.33. The number of hydrogen-bond donors (Lipinski definition) is 0. The summed E-state index contributed by atoms with van der Waals surface area (Å²) in [6.07, 6.45) is 15.7. The molecule has 1 fully saturated rings. The number of hydrogen-bond acceptors (Lipinski definition) is 3. The molecular weight excluding hydrogens is 480 g/mol. The van der Waals surface area contributed by atoms with Crippen LogP contribution in [0.4, 0.5) is 0 Å². The predicted molar refractivity (Wildman–Crippen MR) is 161 cm³/mol. The van der Waals surface area contributed by atoms with Crippen LogP contribution in [0, 0.1) is 5.92 Å². The van der Waals surface area contributed by atoms with Gasteiger partial charge < -0.3 is 9.64 Å². The second-order valence-corrected chi connectivity index (χ2v) is 11.8. The molecule has 0 N–H and O–H groups in total. The highest BCUT2D eigenvalue weighted by molar-refractivity contribution is 5.98. The maximum Gasteiger partial charge on any atom is 0.258 e. The molecule has 1 saturated carbocycles. The van der Waals surface area contributed by atoms with Gasteiger partial charge in [-0.1, -0.05) is 69.5 Å². The lowest BCUT2D eigenvalue weighted by atomic mass is 9.86. The minimum Gasteiger partial charge on any atom is -0.496 e. The van der Waals surface area contributed by atoms with Gasteiger partial charge in [0, 0.05) is 24.7 Å². The molecule has 5 rings (SSSR count). The number of fused-ring (bicyclic) bond motifs is 2. The van der Waals surface area contributed by atoms with E-state index in [1.807, 2.05) is 31.4 Å². The molecule has 0 saturated heterocycles. The summed E-state index contributed by atoms with van der Waals surface area (Å²) in [5.74, 6) is 2.87. The third-order valence-corrected chi connectivity index (χ3v) is 9.33. The lowest BCUT2D eigenvalue weighted by Gasteiger charge is -2.29. The molecule has 0 radical (unpaired) electrons. The molecule has 2 heterocycles. The zero-order valence-corrected chi connectivity index (χ0v) is 24.2. The molecule has 1 aliphatic carbocycles. The van der Waals surface area contributed by atoms with E-state index >= 15 is 0 Å². The van der Waals surface area contributed by atoms with Crippen molar-refractivity contribution in [1.29, 1.82) is 0 Å². The fourth-order valence-electron chi connectivity index (χ4n) is 6.76. The maximum absolute atomic E-state index is 13.4. The Balaban J connectivity index is 1.30. The number of amides is 1. The second-order valence-electron chi connectivity index (χ2n) is 11.8.